The second-order valence-electron chi connectivity index (χ2n) is 9.78. The van der Waals surface area contributed by atoms with Gasteiger partial charge in [-0.25, -0.2) is 8.42 Å². The molecule has 0 radical (unpaired) electrons. The molecular formula is C30H29N3O3S. The molecule has 0 aliphatic carbocycles. The number of pyridine rings is 1. The molecule has 188 valence electrons. The molecule has 0 saturated carbocycles. The van der Waals surface area contributed by atoms with Gasteiger partial charge < -0.3 is 4.52 Å². The summed E-state index contributed by atoms with van der Waals surface area (Å²) in [4.78, 5) is 9.47. The number of nitrogens with zero attached hydrogens (tertiary/aromatic N) is 3. The SMILES string of the molecule is Cc1noc(C(Cc2cccc(-c3cc(C(C)C)cc4cccnc34)c2)c2ccc(S(C)(=O)=O)cc2)n1. The summed E-state index contributed by atoms with van der Waals surface area (Å²) in [6.07, 6.45) is 3.65. The molecule has 0 fully saturated rings. The van der Waals surface area contributed by atoms with Crippen molar-refractivity contribution in [3.8, 4) is 11.1 Å². The third-order valence-electron chi connectivity index (χ3n) is 6.62. The van der Waals surface area contributed by atoms with E-state index in [0.29, 0.717) is 24.1 Å². The largest absolute Gasteiger partial charge is 0.339 e. The van der Waals surface area contributed by atoms with Gasteiger partial charge >= 0.3 is 0 Å². The van der Waals surface area contributed by atoms with Gasteiger partial charge in [-0.05, 0) is 71.8 Å². The second-order valence-corrected chi connectivity index (χ2v) is 11.8. The fourth-order valence-corrected chi connectivity index (χ4v) is 5.25. The van der Waals surface area contributed by atoms with Crippen molar-refractivity contribution in [3.63, 3.8) is 0 Å². The van der Waals surface area contributed by atoms with Gasteiger partial charge in [-0.1, -0.05) is 61.5 Å². The summed E-state index contributed by atoms with van der Waals surface area (Å²) >= 11 is 0. The maximum atomic E-state index is 12.0. The van der Waals surface area contributed by atoms with Gasteiger partial charge in [-0.2, -0.15) is 4.98 Å². The van der Waals surface area contributed by atoms with Crippen LogP contribution in [0.5, 0.6) is 0 Å². The average Bonchev–Trinajstić information content (AvgIpc) is 3.32. The van der Waals surface area contributed by atoms with Gasteiger partial charge in [-0.15, -0.1) is 0 Å². The van der Waals surface area contributed by atoms with E-state index < -0.39 is 9.84 Å². The van der Waals surface area contributed by atoms with Crippen LogP contribution < -0.4 is 0 Å². The van der Waals surface area contributed by atoms with Gasteiger partial charge in [0.05, 0.1) is 16.3 Å². The number of fused-ring (bicyclic) bond motifs is 1. The first-order valence-electron chi connectivity index (χ1n) is 12.3. The molecule has 1 atom stereocenters. The molecule has 0 bridgehead atoms. The highest BCUT2D eigenvalue weighted by molar-refractivity contribution is 7.90. The Hall–Kier alpha value is -3.84. The van der Waals surface area contributed by atoms with Crippen molar-refractivity contribution in [3.05, 3.63) is 107 Å². The molecule has 0 saturated heterocycles. The van der Waals surface area contributed by atoms with E-state index in [9.17, 15) is 8.42 Å². The predicted octanol–water partition coefficient (Wildman–Crippen LogP) is 6.49. The molecule has 0 spiro atoms. The van der Waals surface area contributed by atoms with E-state index in [-0.39, 0.29) is 10.8 Å². The van der Waals surface area contributed by atoms with Crippen LogP contribution in [0.1, 0.15) is 54.1 Å². The average molecular weight is 512 g/mol. The Balaban J connectivity index is 1.56. The number of hydrogen-bond donors (Lipinski definition) is 0. The van der Waals surface area contributed by atoms with Crippen LogP contribution in [0.15, 0.2) is 88.4 Å². The fourth-order valence-electron chi connectivity index (χ4n) is 4.62. The molecule has 5 rings (SSSR count). The number of aryl methyl sites for hydroxylation is 1. The fraction of sp³-hybridized carbons (Fsp3) is 0.233. The minimum atomic E-state index is -3.29. The summed E-state index contributed by atoms with van der Waals surface area (Å²) in [6.45, 7) is 6.19. The summed E-state index contributed by atoms with van der Waals surface area (Å²) in [5, 5.41) is 5.12. The van der Waals surface area contributed by atoms with Crippen LogP contribution in [0, 0.1) is 6.92 Å². The summed E-state index contributed by atoms with van der Waals surface area (Å²) in [6, 6.07) is 23.9. The number of benzene rings is 3. The van der Waals surface area contributed by atoms with Crippen molar-refractivity contribution in [2.24, 2.45) is 0 Å². The van der Waals surface area contributed by atoms with Gasteiger partial charge in [-0.3, -0.25) is 4.98 Å². The van der Waals surface area contributed by atoms with Crippen molar-refractivity contribution in [1.82, 2.24) is 15.1 Å². The molecule has 6 nitrogen and oxygen atoms in total. The summed E-state index contributed by atoms with van der Waals surface area (Å²) < 4.78 is 29.5. The van der Waals surface area contributed by atoms with Gasteiger partial charge in [0, 0.05) is 23.4 Å². The van der Waals surface area contributed by atoms with E-state index in [4.69, 9.17) is 9.51 Å². The van der Waals surface area contributed by atoms with E-state index in [1.807, 2.05) is 24.4 Å². The highest BCUT2D eigenvalue weighted by Gasteiger charge is 2.22. The lowest BCUT2D eigenvalue weighted by atomic mass is 9.89. The van der Waals surface area contributed by atoms with Crippen LogP contribution in [-0.2, 0) is 16.3 Å². The van der Waals surface area contributed by atoms with Crippen LogP contribution in [0.2, 0.25) is 0 Å². The monoisotopic (exact) mass is 511 g/mol. The summed E-state index contributed by atoms with van der Waals surface area (Å²) in [5.41, 5.74) is 6.46. The Morgan fingerprint density at radius 3 is 2.38 bits per heavy atom. The quantitative estimate of drug-likeness (QED) is 0.248. The molecule has 7 heteroatoms. The Morgan fingerprint density at radius 1 is 0.919 bits per heavy atom. The van der Waals surface area contributed by atoms with E-state index >= 15 is 0 Å². The third-order valence-corrected chi connectivity index (χ3v) is 7.75. The van der Waals surface area contributed by atoms with Crippen molar-refractivity contribution < 1.29 is 12.9 Å². The Labute approximate surface area is 217 Å². The molecular weight excluding hydrogens is 482 g/mol. The highest BCUT2D eigenvalue weighted by atomic mass is 32.2. The zero-order valence-corrected chi connectivity index (χ0v) is 22.2. The Morgan fingerprint density at radius 2 is 1.70 bits per heavy atom. The first kappa shape index (κ1) is 24.8. The molecule has 3 aromatic carbocycles. The van der Waals surface area contributed by atoms with E-state index in [1.54, 1.807) is 19.1 Å². The zero-order valence-electron chi connectivity index (χ0n) is 21.3. The van der Waals surface area contributed by atoms with Crippen LogP contribution in [0.25, 0.3) is 22.0 Å². The van der Waals surface area contributed by atoms with Gasteiger partial charge in [0.15, 0.2) is 15.7 Å². The van der Waals surface area contributed by atoms with Crippen LogP contribution in [0.3, 0.4) is 0 Å². The predicted molar refractivity (Wildman–Crippen MR) is 145 cm³/mol. The summed E-state index contributed by atoms with van der Waals surface area (Å²) in [5.74, 6) is 1.24. The normalized spacial score (nSPS) is 12.8. The van der Waals surface area contributed by atoms with Crippen molar-refractivity contribution >= 4 is 20.7 Å². The molecule has 1 unspecified atom stereocenters. The topological polar surface area (TPSA) is 86.0 Å². The molecule has 0 amide bonds. The Bertz CT molecular complexity index is 1670. The zero-order chi connectivity index (χ0) is 26.2. The van der Waals surface area contributed by atoms with Gasteiger partial charge in [0.2, 0.25) is 5.89 Å². The number of hydrogen-bond acceptors (Lipinski definition) is 6. The standard InChI is InChI=1S/C30H29N3O3S/c1-19(2)25-17-24-9-6-14-31-29(24)27(18-25)23-8-5-7-21(15-23)16-28(30-32-20(3)33-36-30)22-10-12-26(13-11-22)37(4,34)35/h5-15,17-19,28H,16H2,1-4H3. The maximum Gasteiger partial charge on any atom is 0.234 e. The number of rotatable bonds is 7. The molecule has 0 N–H and O–H groups in total. The smallest absolute Gasteiger partial charge is 0.234 e. The lowest BCUT2D eigenvalue weighted by molar-refractivity contribution is 0.361. The first-order valence-corrected chi connectivity index (χ1v) is 14.2. The van der Waals surface area contributed by atoms with Gasteiger partial charge in [0.1, 0.15) is 0 Å². The maximum absolute atomic E-state index is 12.0. The van der Waals surface area contributed by atoms with Crippen LogP contribution in [-0.4, -0.2) is 29.8 Å². The number of sulfone groups is 1. The summed E-state index contributed by atoms with van der Waals surface area (Å²) in [7, 11) is -3.29. The van der Waals surface area contributed by atoms with Crippen molar-refractivity contribution in [2.75, 3.05) is 6.26 Å². The van der Waals surface area contributed by atoms with Gasteiger partial charge in [0.25, 0.3) is 0 Å². The minimum absolute atomic E-state index is 0.220. The minimum Gasteiger partial charge on any atom is -0.339 e. The van der Waals surface area contributed by atoms with Crippen molar-refractivity contribution in [1.29, 1.82) is 0 Å². The molecule has 2 heterocycles. The molecule has 0 aliphatic heterocycles. The number of aromatic nitrogens is 3. The molecule has 37 heavy (non-hydrogen) atoms. The second kappa shape index (κ2) is 9.90. The van der Waals surface area contributed by atoms with E-state index in [1.165, 1.54) is 11.8 Å². The lowest BCUT2D eigenvalue weighted by Crippen LogP contribution is -2.07. The first-order chi connectivity index (χ1) is 17.7. The Kier molecular flexibility index (Phi) is 6.65. The van der Waals surface area contributed by atoms with Crippen LogP contribution >= 0.6 is 0 Å². The van der Waals surface area contributed by atoms with E-state index in [2.05, 4.69) is 66.5 Å². The highest BCUT2D eigenvalue weighted by Crippen LogP contribution is 2.34. The van der Waals surface area contributed by atoms with E-state index in [0.717, 1.165) is 33.2 Å². The molecule has 5 aromatic rings. The molecule has 0 aliphatic rings. The van der Waals surface area contributed by atoms with Crippen LogP contribution in [0.4, 0.5) is 0 Å². The molecule has 2 aromatic heterocycles. The lowest BCUT2D eigenvalue weighted by Gasteiger charge is -2.16. The third kappa shape index (κ3) is 5.32. The van der Waals surface area contributed by atoms with Crippen molar-refractivity contribution in [2.45, 2.75) is 43.9 Å².